The highest BCUT2D eigenvalue weighted by Gasteiger charge is 2.26. The fourth-order valence-corrected chi connectivity index (χ4v) is 4.83. The lowest BCUT2D eigenvalue weighted by atomic mass is 9.92. The average molecular weight is 636 g/mol. The van der Waals surface area contributed by atoms with E-state index in [4.69, 9.17) is 10.5 Å². The first-order valence-electron chi connectivity index (χ1n) is 12.6. The zero-order chi connectivity index (χ0) is 27.8. The van der Waals surface area contributed by atoms with Gasteiger partial charge in [0.05, 0.1) is 17.1 Å². The second kappa shape index (κ2) is 13.1. The van der Waals surface area contributed by atoms with Crippen molar-refractivity contribution >= 4 is 62.4 Å². The van der Waals surface area contributed by atoms with Crippen LogP contribution in [0.1, 0.15) is 31.4 Å². The molecule has 7 nitrogen and oxygen atoms in total. The lowest BCUT2D eigenvalue weighted by Crippen LogP contribution is -2.22. The number of benzene rings is 4. The molecular weight excluding hydrogens is 605 g/mol. The van der Waals surface area contributed by atoms with Gasteiger partial charge in [-0.2, -0.15) is 0 Å². The minimum Gasteiger partial charge on any atom is -0.508 e. The Kier molecular flexibility index (Phi) is 9.43. The highest BCUT2D eigenvalue weighted by molar-refractivity contribution is 14.1. The number of rotatable bonds is 9. The summed E-state index contributed by atoms with van der Waals surface area (Å²) in [6.07, 6.45) is 3.08. The van der Waals surface area contributed by atoms with Gasteiger partial charge in [0.1, 0.15) is 11.9 Å². The fourth-order valence-electron chi connectivity index (χ4n) is 4.31. The number of nitrogens with one attached hydrogen (secondary N) is 2. The van der Waals surface area contributed by atoms with Crippen molar-refractivity contribution in [2.45, 2.75) is 25.9 Å². The van der Waals surface area contributed by atoms with Crippen LogP contribution in [-0.2, 0) is 9.53 Å². The molecule has 8 heteroatoms. The number of phenols is 1. The first-order chi connectivity index (χ1) is 18.8. The van der Waals surface area contributed by atoms with Crippen LogP contribution < -0.4 is 16.4 Å². The van der Waals surface area contributed by atoms with Gasteiger partial charge >= 0.3 is 6.09 Å². The van der Waals surface area contributed by atoms with Gasteiger partial charge in [-0.05, 0) is 89.2 Å². The van der Waals surface area contributed by atoms with E-state index >= 15 is 0 Å². The Bertz CT molecular complexity index is 1500. The van der Waals surface area contributed by atoms with Gasteiger partial charge in [-0.3, -0.25) is 10.1 Å². The van der Waals surface area contributed by atoms with Crippen LogP contribution >= 0.6 is 22.6 Å². The predicted octanol–water partition coefficient (Wildman–Crippen LogP) is 7.63. The Hall–Kier alpha value is -4.05. The van der Waals surface area contributed by atoms with E-state index in [0.29, 0.717) is 35.5 Å². The van der Waals surface area contributed by atoms with Gasteiger partial charge in [-0.15, -0.1) is 0 Å². The summed E-state index contributed by atoms with van der Waals surface area (Å²) in [6, 6.07) is 25.7. The maximum atomic E-state index is 13.1. The Morgan fingerprint density at radius 2 is 1.69 bits per heavy atom. The molecule has 0 aliphatic rings. The average Bonchev–Trinajstić information content (AvgIpc) is 2.92. The van der Waals surface area contributed by atoms with Crippen LogP contribution in [-0.4, -0.2) is 17.1 Å². The first kappa shape index (κ1) is 28.0. The van der Waals surface area contributed by atoms with Gasteiger partial charge < -0.3 is 20.9 Å². The molecule has 4 aromatic rings. The molecule has 0 spiro atoms. The van der Waals surface area contributed by atoms with Crippen LogP contribution in [0.25, 0.3) is 10.8 Å². The Balaban J connectivity index is 1.44. The number of anilines is 3. The Morgan fingerprint density at radius 1 is 0.974 bits per heavy atom. The third kappa shape index (κ3) is 7.51. The number of aromatic hydroxyl groups is 1. The van der Waals surface area contributed by atoms with Crippen LogP contribution in [0.5, 0.6) is 5.75 Å². The molecule has 0 saturated carbocycles. The molecule has 4 aromatic carbocycles. The SMILES string of the molecule is C[C@H](CC/C=C/C(=O)Nc1ccccc1N)[C@H](OC(=O)Nc1cccc2ccccc12)c1cc(I)ccc1O. The molecule has 200 valence electrons. The minimum atomic E-state index is -0.707. The number of nitrogen functional groups attached to an aromatic ring is 1. The van der Waals surface area contributed by atoms with Crippen molar-refractivity contribution in [2.24, 2.45) is 5.92 Å². The summed E-state index contributed by atoms with van der Waals surface area (Å²) < 4.78 is 6.84. The third-order valence-electron chi connectivity index (χ3n) is 6.35. The predicted molar refractivity (Wildman–Crippen MR) is 165 cm³/mol. The van der Waals surface area contributed by atoms with E-state index in [1.165, 1.54) is 6.08 Å². The molecule has 0 heterocycles. The molecule has 0 fully saturated rings. The maximum absolute atomic E-state index is 13.1. The zero-order valence-electron chi connectivity index (χ0n) is 21.4. The van der Waals surface area contributed by atoms with Gasteiger partial charge in [0.25, 0.3) is 0 Å². The summed E-state index contributed by atoms with van der Waals surface area (Å²) in [5.41, 5.74) is 8.11. The maximum Gasteiger partial charge on any atom is 0.412 e. The fraction of sp³-hybridized carbons (Fsp3) is 0.161. The van der Waals surface area contributed by atoms with Gasteiger partial charge in [0, 0.05) is 14.5 Å². The first-order valence-corrected chi connectivity index (χ1v) is 13.7. The molecule has 4 rings (SSSR count). The third-order valence-corrected chi connectivity index (χ3v) is 7.02. The monoisotopic (exact) mass is 635 g/mol. The normalized spacial score (nSPS) is 12.7. The number of allylic oxidation sites excluding steroid dienone is 1. The number of carbonyl (C=O) groups is 2. The van der Waals surface area contributed by atoms with Crippen molar-refractivity contribution in [3.05, 3.63) is 106 Å². The lowest BCUT2D eigenvalue weighted by molar-refractivity contribution is -0.111. The molecule has 2 atom stereocenters. The number of fused-ring (bicyclic) bond motifs is 1. The van der Waals surface area contributed by atoms with E-state index in [9.17, 15) is 14.7 Å². The minimum absolute atomic E-state index is 0.0561. The molecular formula is C31H30IN3O4. The highest BCUT2D eigenvalue weighted by atomic mass is 127. The molecule has 0 saturated heterocycles. The van der Waals surface area contributed by atoms with E-state index in [0.717, 1.165) is 14.3 Å². The molecule has 0 aliphatic heterocycles. The van der Waals surface area contributed by atoms with Gasteiger partial charge in [-0.1, -0.05) is 61.5 Å². The summed E-state index contributed by atoms with van der Waals surface area (Å²) in [6.45, 7) is 1.95. The second-order valence-corrected chi connectivity index (χ2v) is 10.5. The molecule has 0 unspecified atom stereocenters. The van der Waals surface area contributed by atoms with Crippen molar-refractivity contribution in [2.75, 3.05) is 16.4 Å². The smallest absolute Gasteiger partial charge is 0.412 e. The Morgan fingerprint density at radius 3 is 2.51 bits per heavy atom. The van der Waals surface area contributed by atoms with Gasteiger partial charge in [0.15, 0.2) is 0 Å². The highest BCUT2D eigenvalue weighted by Crippen LogP contribution is 2.36. The van der Waals surface area contributed by atoms with E-state index in [-0.39, 0.29) is 17.6 Å². The number of ether oxygens (including phenoxy) is 1. The van der Waals surface area contributed by atoms with Crippen LogP contribution in [0, 0.1) is 9.49 Å². The zero-order valence-corrected chi connectivity index (χ0v) is 23.6. The molecule has 0 aliphatic carbocycles. The molecule has 0 aromatic heterocycles. The van der Waals surface area contributed by atoms with Crippen LogP contribution in [0.3, 0.4) is 0 Å². The number of halogens is 1. The van der Waals surface area contributed by atoms with E-state index in [1.807, 2.05) is 55.5 Å². The number of hydrogen-bond acceptors (Lipinski definition) is 5. The molecule has 0 radical (unpaired) electrons. The number of carbonyl (C=O) groups excluding carboxylic acids is 2. The van der Waals surface area contributed by atoms with E-state index in [2.05, 4.69) is 33.2 Å². The van der Waals surface area contributed by atoms with E-state index in [1.54, 1.807) is 42.5 Å². The topological polar surface area (TPSA) is 114 Å². The standard InChI is InChI=1S/C31H30IN3O4/c1-20(9-2-7-16-29(37)34-27-14-6-5-13-25(27)33)30(24-19-22(32)17-18-28(24)36)39-31(38)35-26-15-8-11-21-10-3-4-12-23(21)26/h3-8,10-20,30,36H,2,9,33H2,1H3,(H,34,37)(H,35,38)/b16-7+/t20-,30+/m1/s1. The van der Waals surface area contributed by atoms with Crippen LogP contribution in [0.4, 0.5) is 21.9 Å². The molecule has 39 heavy (non-hydrogen) atoms. The van der Waals surface area contributed by atoms with Crippen LogP contribution in [0.15, 0.2) is 97.1 Å². The van der Waals surface area contributed by atoms with Crippen molar-refractivity contribution < 1.29 is 19.4 Å². The molecule has 2 amide bonds. The summed E-state index contributed by atoms with van der Waals surface area (Å²) >= 11 is 2.16. The van der Waals surface area contributed by atoms with Crippen molar-refractivity contribution in [1.29, 1.82) is 0 Å². The quantitative estimate of drug-likeness (QED) is 0.0858. The summed E-state index contributed by atoms with van der Waals surface area (Å²) in [4.78, 5) is 25.4. The van der Waals surface area contributed by atoms with E-state index < -0.39 is 12.2 Å². The number of amides is 2. The summed E-state index contributed by atoms with van der Waals surface area (Å²) in [5.74, 6) is -0.386. The van der Waals surface area contributed by atoms with Gasteiger partial charge in [-0.25, -0.2) is 4.79 Å². The second-order valence-electron chi connectivity index (χ2n) is 9.21. The van der Waals surface area contributed by atoms with Crippen molar-refractivity contribution in [3.8, 4) is 5.75 Å². The Labute approximate surface area is 241 Å². The number of phenolic OH excluding ortho intramolecular Hbond substituents is 1. The lowest BCUT2D eigenvalue weighted by Gasteiger charge is -2.25. The van der Waals surface area contributed by atoms with Crippen LogP contribution in [0.2, 0.25) is 0 Å². The molecule has 0 bridgehead atoms. The summed E-state index contributed by atoms with van der Waals surface area (Å²) in [5, 5.41) is 18.1. The molecule has 5 N–H and O–H groups in total. The number of hydrogen-bond donors (Lipinski definition) is 4. The number of para-hydroxylation sites is 2. The van der Waals surface area contributed by atoms with Gasteiger partial charge in [0.2, 0.25) is 5.91 Å². The van der Waals surface area contributed by atoms with Crippen molar-refractivity contribution in [1.82, 2.24) is 0 Å². The summed E-state index contributed by atoms with van der Waals surface area (Å²) in [7, 11) is 0. The largest absolute Gasteiger partial charge is 0.508 e. The number of nitrogens with two attached hydrogens (primary N) is 1. The van der Waals surface area contributed by atoms with Crippen molar-refractivity contribution in [3.63, 3.8) is 0 Å².